The lowest BCUT2D eigenvalue weighted by Gasteiger charge is -2.27. The van der Waals surface area contributed by atoms with E-state index in [-0.39, 0.29) is 29.6 Å². The normalized spacial score (nSPS) is 18.4. The van der Waals surface area contributed by atoms with Crippen LogP contribution in [0.5, 0.6) is 0 Å². The predicted molar refractivity (Wildman–Crippen MR) is 73.2 cm³/mol. The van der Waals surface area contributed by atoms with E-state index in [0.29, 0.717) is 12.1 Å². The van der Waals surface area contributed by atoms with E-state index < -0.39 is 36.1 Å². The molecule has 7 nitrogen and oxygen atoms in total. The lowest BCUT2D eigenvalue weighted by Crippen LogP contribution is -2.38. The zero-order valence-corrected chi connectivity index (χ0v) is 12.2. The van der Waals surface area contributed by atoms with Gasteiger partial charge in [0, 0.05) is 6.54 Å². The fourth-order valence-electron chi connectivity index (χ4n) is 2.84. The summed E-state index contributed by atoms with van der Waals surface area (Å²) in [6.07, 6.45) is -5.00. The largest absolute Gasteiger partial charge is 0.416 e. The van der Waals surface area contributed by atoms with E-state index in [9.17, 15) is 37.1 Å². The molecule has 0 saturated carbocycles. The molecule has 0 spiro atoms. The Labute approximate surface area is 125 Å². The van der Waals surface area contributed by atoms with Gasteiger partial charge in [0.15, 0.2) is 0 Å². The highest BCUT2D eigenvalue weighted by Gasteiger charge is 2.39. The molecular weight excluding hydrogens is 340 g/mol. The Morgan fingerprint density at radius 3 is 2.48 bits per heavy atom. The molecule has 1 aromatic carbocycles. The number of halogens is 3. The van der Waals surface area contributed by atoms with Gasteiger partial charge in [0.1, 0.15) is 0 Å². The summed E-state index contributed by atoms with van der Waals surface area (Å²) in [7, 11) is -4.73. The van der Waals surface area contributed by atoms with Gasteiger partial charge in [-0.3, -0.25) is 14.2 Å². The van der Waals surface area contributed by atoms with E-state index in [2.05, 4.69) is 4.98 Å². The minimum atomic E-state index is -4.76. The van der Waals surface area contributed by atoms with E-state index >= 15 is 0 Å². The van der Waals surface area contributed by atoms with Crippen LogP contribution in [0.15, 0.2) is 21.7 Å². The highest BCUT2D eigenvalue weighted by atomic mass is 31.2. The molecule has 11 heteroatoms. The van der Waals surface area contributed by atoms with E-state index in [4.69, 9.17) is 0 Å². The Kier molecular flexibility index (Phi) is 3.33. The molecule has 0 radical (unpaired) electrons. The van der Waals surface area contributed by atoms with Gasteiger partial charge in [-0.05, 0) is 24.1 Å². The summed E-state index contributed by atoms with van der Waals surface area (Å²) >= 11 is 0. The molecule has 3 rings (SSSR count). The average molecular weight is 350 g/mol. The number of aryl methyl sites for hydroxylation is 1. The number of alkyl halides is 3. The molecule has 2 heterocycles. The van der Waals surface area contributed by atoms with E-state index in [1.54, 1.807) is 0 Å². The smallest absolute Gasteiger partial charge is 0.324 e. The Bertz CT molecular complexity index is 972. The number of rotatable bonds is 1. The van der Waals surface area contributed by atoms with Crippen LogP contribution >= 0.6 is 7.60 Å². The van der Waals surface area contributed by atoms with Crippen LogP contribution in [0, 0.1) is 0 Å². The van der Waals surface area contributed by atoms with Crippen molar-refractivity contribution in [3.63, 3.8) is 0 Å². The minimum absolute atomic E-state index is 0.0813. The molecule has 2 aromatic rings. The third kappa shape index (κ3) is 2.52. The van der Waals surface area contributed by atoms with Gasteiger partial charge < -0.3 is 19.3 Å². The minimum Gasteiger partial charge on any atom is -0.324 e. The SMILES string of the molecule is O=c1[nH]c2cc(C(F)(F)F)cc3c2n(c1=O)CCC3P(=O)(O)O. The molecule has 3 N–H and O–H groups in total. The van der Waals surface area contributed by atoms with Crippen LogP contribution in [-0.4, -0.2) is 19.3 Å². The van der Waals surface area contributed by atoms with Crippen molar-refractivity contribution in [2.45, 2.75) is 24.8 Å². The maximum absolute atomic E-state index is 13.0. The molecule has 0 fully saturated rings. The summed E-state index contributed by atoms with van der Waals surface area (Å²) in [4.78, 5) is 44.3. The molecule has 23 heavy (non-hydrogen) atoms. The van der Waals surface area contributed by atoms with Crippen molar-refractivity contribution in [1.82, 2.24) is 9.55 Å². The molecule has 1 aliphatic rings. The third-order valence-electron chi connectivity index (χ3n) is 3.82. The van der Waals surface area contributed by atoms with Crippen molar-refractivity contribution < 1.29 is 27.5 Å². The van der Waals surface area contributed by atoms with Crippen molar-refractivity contribution in [2.75, 3.05) is 0 Å². The molecule has 1 unspecified atom stereocenters. The first-order valence-electron chi connectivity index (χ1n) is 6.43. The van der Waals surface area contributed by atoms with Crippen molar-refractivity contribution in [3.05, 3.63) is 44.0 Å². The zero-order valence-electron chi connectivity index (χ0n) is 11.3. The Hall–Kier alpha value is -1.90. The molecule has 1 atom stereocenters. The molecule has 0 aliphatic carbocycles. The number of hydrogen-bond acceptors (Lipinski definition) is 3. The van der Waals surface area contributed by atoms with Crippen molar-refractivity contribution >= 4 is 18.6 Å². The van der Waals surface area contributed by atoms with E-state index in [1.165, 1.54) is 0 Å². The summed E-state index contributed by atoms with van der Waals surface area (Å²) < 4.78 is 51.6. The molecule has 0 bridgehead atoms. The quantitative estimate of drug-likeness (QED) is 0.531. The highest BCUT2D eigenvalue weighted by Crippen LogP contribution is 2.56. The number of nitrogens with one attached hydrogen (secondary N) is 1. The van der Waals surface area contributed by atoms with Crippen LogP contribution in [0.1, 0.15) is 23.2 Å². The Morgan fingerprint density at radius 2 is 1.91 bits per heavy atom. The topological polar surface area (TPSA) is 112 Å². The van der Waals surface area contributed by atoms with Crippen molar-refractivity contribution in [2.24, 2.45) is 0 Å². The maximum atomic E-state index is 13.0. The standard InChI is InChI=1S/C12H10F3N2O5P/c13-12(14,15)5-3-6-8(23(20,21)22)1-2-17-9(6)7(4-5)16-10(18)11(17)19/h3-4,8H,1-2H2,(H,16,18)(H2,20,21,22). The second kappa shape index (κ2) is 4.80. The van der Waals surface area contributed by atoms with E-state index in [1.807, 2.05) is 0 Å². The Morgan fingerprint density at radius 1 is 1.26 bits per heavy atom. The number of aromatic amines is 1. The maximum Gasteiger partial charge on any atom is 0.416 e. The van der Waals surface area contributed by atoms with Gasteiger partial charge in [0.2, 0.25) is 0 Å². The number of aromatic nitrogens is 2. The fraction of sp³-hybridized carbons (Fsp3) is 0.333. The summed E-state index contributed by atoms with van der Waals surface area (Å²) in [5.41, 5.74) is -5.32. The molecule has 1 aromatic heterocycles. The van der Waals surface area contributed by atoms with Gasteiger partial charge in [0.05, 0.1) is 22.3 Å². The monoisotopic (exact) mass is 350 g/mol. The molecular formula is C12H10F3N2O5P. The van der Waals surface area contributed by atoms with Crippen molar-refractivity contribution in [1.29, 1.82) is 0 Å². The second-order valence-electron chi connectivity index (χ2n) is 5.26. The molecule has 124 valence electrons. The van der Waals surface area contributed by atoms with Gasteiger partial charge in [-0.25, -0.2) is 0 Å². The fourth-order valence-corrected chi connectivity index (χ4v) is 3.85. The number of nitrogens with zero attached hydrogens (tertiary/aromatic N) is 1. The van der Waals surface area contributed by atoms with Gasteiger partial charge in [-0.15, -0.1) is 0 Å². The first-order valence-corrected chi connectivity index (χ1v) is 8.11. The summed E-state index contributed by atoms with van der Waals surface area (Å²) in [6, 6.07) is 1.28. The second-order valence-corrected chi connectivity index (χ2v) is 7.07. The van der Waals surface area contributed by atoms with Crippen LogP contribution in [0.2, 0.25) is 0 Å². The first-order chi connectivity index (χ1) is 10.5. The van der Waals surface area contributed by atoms with Crippen LogP contribution in [0.4, 0.5) is 13.2 Å². The third-order valence-corrected chi connectivity index (χ3v) is 5.16. The van der Waals surface area contributed by atoms with Gasteiger partial charge >= 0.3 is 24.9 Å². The van der Waals surface area contributed by atoms with Crippen LogP contribution in [0.3, 0.4) is 0 Å². The number of hydrogen-bond donors (Lipinski definition) is 3. The van der Waals surface area contributed by atoms with Crippen molar-refractivity contribution in [3.8, 4) is 0 Å². The molecule has 0 amide bonds. The first kappa shape index (κ1) is 16.0. The molecule has 0 saturated heterocycles. The average Bonchev–Trinajstić information content (AvgIpc) is 2.41. The summed E-state index contributed by atoms with van der Waals surface area (Å²) in [5.74, 6) is 0. The number of H-pyrrole nitrogens is 1. The zero-order chi connectivity index (χ0) is 17.2. The van der Waals surface area contributed by atoms with Gasteiger partial charge in [-0.1, -0.05) is 0 Å². The van der Waals surface area contributed by atoms with Crippen LogP contribution in [-0.2, 0) is 17.3 Å². The van der Waals surface area contributed by atoms with Gasteiger partial charge in [-0.2, -0.15) is 13.2 Å². The Balaban J connectivity index is 2.49. The highest BCUT2D eigenvalue weighted by molar-refractivity contribution is 7.52. The van der Waals surface area contributed by atoms with Gasteiger partial charge in [0.25, 0.3) is 0 Å². The molecule has 1 aliphatic heterocycles. The van der Waals surface area contributed by atoms with Crippen LogP contribution < -0.4 is 11.1 Å². The summed E-state index contributed by atoms with van der Waals surface area (Å²) in [6.45, 7) is -0.159. The lowest BCUT2D eigenvalue weighted by atomic mass is 9.99. The number of benzene rings is 1. The van der Waals surface area contributed by atoms with Crippen LogP contribution in [0.25, 0.3) is 11.0 Å². The summed E-state index contributed by atoms with van der Waals surface area (Å²) in [5, 5.41) is 0. The lowest BCUT2D eigenvalue weighted by molar-refractivity contribution is -0.137. The predicted octanol–water partition coefficient (Wildman–Crippen LogP) is 1.33. The van der Waals surface area contributed by atoms with E-state index in [0.717, 1.165) is 4.57 Å².